The van der Waals surface area contributed by atoms with E-state index in [0.29, 0.717) is 16.7 Å². The van der Waals surface area contributed by atoms with Gasteiger partial charge in [-0.15, -0.1) is 0 Å². The van der Waals surface area contributed by atoms with Gasteiger partial charge in [0.05, 0.1) is 0 Å². The van der Waals surface area contributed by atoms with Crippen LogP contribution in [-0.4, -0.2) is 12.2 Å². The van der Waals surface area contributed by atoms with E-state index in [4.69, 9.17) is 4.74 Å². The molecule has 3 heteroatoms. The minimum absolute atomic E-state index is 0.0633. The van der Waals surface area contributed by atoms with Crippen molar-refractivity contribution < 1.29 is 9.53 Å². The molecule has 1 aromatic carbocycles. The van der Waals surface area contributed by atoms with Gasteiger partial charge in [0.15, 0.2) is 0 Å². The number of fused-ring (bicyclic) bond motifs is 5. The molecule has 212 valence electrons. The molecular formula is C35H55NO2. The lowest BCUT2D eigenvalue weighted by molar-refractivity contribution is -0.129. The van der Waals surface area contributed by atoms with E-state index >= 15 is 0 Å². The molecule has 0 aliphatic heterocycles. The van der Waals surface area contributed by atoms with Gasteiger partial charge >= 0.3 is 6.09 Å². The molecule has 1 amide bonds. The highest BCUT2D eigenvalue weighted by Gasteiger charge is 2.60. The second-order valence-electron chi connectivity index (χ2n) is 14.5. The van der Waals surface area contributed by atoms with Crippen LogP contribution in [-0.2, 0) is 4.74 Å². The maximum absolute atomic E-state index is 12.6. The lowest BCUT2D eigenvalue weighted by atomic mass is 9.44. The predicted molar refractivity (Wildman–Crippen MR) is 158 cm³/mol. The Labute approximate surface area is 233 Å². The fourth-order valence-corrected chi connectivity index (χ4v) is 10.3. The first kappa shape index (κ1) is 28.0. The third kappa shape index (κ3) is 5.42. The molecule has 4 aliphatic carbocycles. The summed E-state index contributed by atoms with van der Waals surface area (Å²) in [5.74, 6) is 5.28. The smallest absolute Gasteiger partial charge is 0.411 e. The zero-order chi connectivity index (χ0) is 26.9. The third-order valence-corrected chi connectivity index (χ3v) is 12.5. The Balaban J connectivity index is 1.18. The monoisotopic (exact) mass is 521 g/mol. The van der Waals surface area contributed by atoms with Crippen LogP contribution in [0.5, 0.6) is 0 Å². The van der Waals surface area contributed by atoms with Crippen molar-refractivity contribution in [1.82, 2.24) is 0 Å². The first-order valence-corrected chi connectivity index (χ1v) is 16.3. The summed E-state index contributed by atoms with van der Waals surface area (Å²) < 4.78 is 5.98. The lowest BCUT2D eigenvalue weighted by Crippen LogP contribution is -2.54. The van der Waals surface area contributed by atoms with Crippen LogP contribution < -0.4 is 5.32 Å². The zero-order valence-corrected chi connectivity index (χ0v) is 25.1. The summed E-state index contributed by atoms with van der Waals surface area (Å²) >= 11 is 0. The summed E-state index contributed by atoms with van der Waals surface area (Å²) in [6.07, 6.45) is 18.7. The molecule has 6 unspecified atom stereocenters. The molecule has 0 saturated heterocycles. The molecule has 0 bridgehead atoms. The Morgan fingerprint density at radius 2 is 1.68 bits per heavy atom. The summed E-state index contributed by atoms with van der Waals surface area (Å²) in [5, 5.41) is 2.94. The number of hydrogen-bond acceptors (Lipinski definition) is 2. The van der Waals surface area contributed by atoms with Crippen LogP contribution in [0, 0.1) is 53.3 Å². The minimum Gasteiger partial charge on any atom is -0.446 e. The molecule has 4 saturated carbocycles. The van der Waals surface area contributed by atoms with E-state index in [2.05, 4.69) is 39.9 Å². The topological polar surface area (TPSA) is 38.3 Å². The summed E-state index contributed by atoms with van der Waals surface area (Å²) in [7, 11) is 0. The number of anilines is 1. The van der Waals surface area contributed by atoms with Crippen LogP contribution in [0.15, 0.2) is 24.3 Å². The molecule has 1 N–H and O–H groups in total. The molecule has 0 heterocycles. The average molecular weight is 522 g/mol. The van der Waals surface area contributed by atoms with Crippen molar-refractivity contribution in [2.45, 2.75) is 131 Å². The summed E-state index contributed by atoms with van der Waals surface area (Å²) in [6, 6.07) is 7.95. The second-order valence-corrected chi connectivity index (χ2v) is 14.5. The largest absolute Gasteiger partial charge is 0.446 e. The lowest BCUT2D eigenvalue weighted by Gasteiger charge is -2.61. The number of hydrogen-bond donors (Lipinski definition) is 1. The van der Waals surface area contributed by atoms with Crippen molar-refractivity contribution in [2.75, 3.05) is 5.32 Å². The highest BCUT2D eigenvalue weighted by atomic mass is 16.6. The van der Waals surface area contributed by atoms with E-state index in [1.807, 2.05) is 24.3 Å². The van der Waals surface area contributed by atoms with Gasteiger partial charge in [0.25, 0.3) is 0 Å². The Hall–Kier alpha value is -1.51. The minimum atomic E-state index is -0.287. The number of carbonyl (C=O) groups excluding carboxylic acids is 1. The maximum Gasteiger partial charge on any atom is 0.411 e. The van der Waals surface area contributed by atoms with Gasteiger partial charge in [-0.2, -0.15) is 0 Å². The van der Waals surface area contributed by atoms with E-state index in [1.54, 1.807) is 0 Å². The molecule has 4 aliphatic rings. The van der Waals surface area contributed by atoms with Crippen LogP contribution in [0.25, 0.3) is 0 Å². The SMILES string of the molecule is CCCCCCC(C)[C@H]1CCC2C3CCC4CC(OC(=O)Nc5ccc(C)cc5)CC[C@]4(C)C3CC[C@@]21C. The quantitative estimate of drug-likeness (QED) is 0.346. The summed E-state index contributed by atoms with van der Waals surface area (Å²) in [6.45, 7) is 12.3. The first-order valence-electron chi connectivity index (χ1n) is 16.3. The van der Waals surface area contributed by atoms with Gasteiger partial charge in [-0.05, 0) is 123 Å². The van der Waals surface area contributed by atoms with Gasteiger partial charge in [0.2, 0.25) is 0 Å². The molecule has 5 rings (SSSR count). The van der Waals surface area contributed by atoms with E-state index in [0.717, 1.165) is 48.1 Å². The first-order chi connectivity index (χ1) is 18.2. The van der Waals surface area contributed by atoms with Crippen LogP contribution in [0.2, 0.25) is 0 Å². The van der Waals surface area contributed by atoms with E-state index in [1.165, 1.54) is 82.6 Å². The molecule has 9 atom stereocenters. The number of aryl methyl sites for hydroxylation is 1. The van der Waals surface area contributed by atoms with E-state index < -0.39 is 0 Å². The van der Waals surface area contributed by atoms with Crippen LogP contribution >= 0.6 is 0 Å². The predicted octanol–water partition coefficient (Wildman–Crippen LogP) is 10.2. The van der Waals surface area contributed by atoms with Crippen LogP contribution in [0.3, 0.4) is 0 Å². The fourth-order valence-electron chi connectivity index (χ4n) is 10.3. The van der Waals surface area contributed by atoms with Gasteiger partial charge in [0, 0.05) is 5.69 Å². The number of benzene rings is 1. The van der Waals surface area contributed by atoms with Crippen molar-refractivity contribution >= 4 is 11.8 Å². The summed E-state index contributed by atoms with van der Waals surface area (Å²) in [4.78, 5) is 12.6. The van der Waals surface area contributed by atoms with E-state index in [9.17, 15) is 4.79 Å². The van der Waals surface area contributed by atoms with Gasteiger partial charge in [-0.3, -0.25) is 5.32 Å². The number of rotatable bonds is 8. The van der Waals surface area contributed by atoms with Crippen LogP contribution in [0.1, 0.15) is 123 Å². The third-order valence-electron chi connectivity index (χ3n) is 12.5. The normalized spacial score (nSPS) is 39.0. The molecular weight excluding hydrogens is 466 g/mol. The van der Waals surface area contributed by atoms with Crippen molar-refractivity contribution in [3.05, 3.63) is 29.8 Å². The Morgan fingerprint density at radius 3 is 2.45 bits per heavy atom. The van der Waals surface area contributed by atoms with Gasteiger partial charge in [-0.1, -0.05) is 77.5 Å². The molecule has 0 radical (unpaired) electrons. The molecule has 0 spiro atoms. The standard InChI is InChI=1S/C35H55NO2/c1-6-7-8-9-10-25(3)30-17-18-31-29-16-13-26-23-28(38-33(37)36-27-14-11-24(2)12-15-27)19-21-34(26,4)32(29)20-22-35(30,31)5/h11-12,14-15,25-26,28-32H,6-10,13,16-23H2,1-5H3,(H,36,37)/t25?,26?,28?,29?,30-,31?,32?,34+,35-/m1/s1. The van der Waals surface area contributed by atoms with Gasteiger partial charge < -0.3 is 4.74 Å². The van der Waals surface area contributed by atoms with Crippen molar-refractivity contribution in [1.29, 1.82) is 0 Å². The zero-order valence-electron chi connectivity index (χ0n) is 25.1. The molecule has 4 fully saturated rings. The Kier molecular flexibility index (Phi) is 8.51. The van der Waals surface area contributed by atoms with E-state index in [-0.39, 0.29) is 12.2 Å². The number of ether oxygens (including phenoxy) is 1. The number of carbonyl (C=O) groups is 1. The van der Waals surface area contributed by atoms with Crippen molar-refractivity contribution in [3.63, 3.8) is 0 Å². The van der Waals surface area contributed by atoms with Crippen molar-refractivity contribution in [2.24, 2.45) is 46.3 Å². The average Bonchev–Trinajstić information content (AvgIpc) is 3.25. The highest BCUT2D eigenvalue weighted by molar-refractivity contribution is 5.84. The molecule has 38 heavy (non-hydrogen) atoms. The van der Waals surface area contributed by atoms with Crippen LogP contribution in [0.4, 0.5) is 10.5 Å². The Morgan fingerprint density at radius 1 is 0.947 bits per heavy atom. The van der Waals surface area contributed by atoms with Crippen molar-refractivity contribution in [3.8, 4) is 0 Å². The molecule has 3 nitrogen and oxygen atoms in total. The Bertz CT molecular complexity index is 942. The number of nitrogens with one attached hydrogen (secondary N) is 1. The number of unbranched alkanes of at least 4 members (excludes halogenated alkanes) is 3. The summed E-state index contributed by atoms with van der Waals surface area (Å²) in [5.41, 5.74) is 3.01. The molecule has 0 aromatic heterocycles. The fraction of sp³-hybridized carbons (Fsp3) is 0.800. The highest BCUT2D eigenvalue weighted by Crippen LogP contribution is 2.68. The molecule has 1 aromatic rings. The van der Waals surface area contributed by atoms with Gasteiger partial charge in [-0.25, -0.2) is 4.79 Å². The van der Waals surface area contributed by atoms with Gasteiger partial charge in [0.1, 0.15) is 6.10 Å². The number of amides is 1. The maximum atomic E-state index is 12.6. The second kappa shape index (κ2) is 11.5.